The van der Waals surface area contributed by atoms with Gasteiger partial charge >= 0.3 is 0 Å². The maximum atomic E-state index is 6.12. The average molecular weight is 276 g/mol. The van der Waals surface area contributed by atoms with E-state index in [0.29, 0.717) is 10.7 Å². The fourth-order valence-electron chi connectivity index (χ4n) is 1.84. The van der Waals surface area contributed by atoms with E-state index in [1.54, 1.807) is 12.4 Å². The van der Waals surface area contributed by atoms with Crippen molar-refractivity contribution < 1.29 is 0 Å². The predicted molar refractivity (Wildman–Crippen MR) is 72.8 cm³/mol. The van der Waals surface area contributed by atoms with E-state index in [0.717, 1.165) is 16.3 Å². The molecule has 0 fully saturated rings. The lowest BCUT2D eigenvalue weighted by atomic mass is 10.1. The predicted octanol–water partition coefficient (Wildman–Crippen LogP) is 4.00. The number of hydrogen-bond acceptors (Lipinski definition) is 3. The summed E-state index contributed by atoms with van der Waals surface area (Å²) in [6, 6.07) is 7.91. The van der Waals surface area contributed by atoms with E-state index < -0.39 is 0 Å². The topological polar surface area (TPSA) is 38.7 Å². The van der Waals surface area contributed by atoms with Gasteiger partial charge in [-0.25, -0.2) is 9.97 Å². The molecule has 0 amide bonds. The van der Waals surface area contributed by atoms with Crippen molar-refractivity contribution in [3.8, 4) is 11.3 Å². The van der Waals surface area contributed by atoms with E-state index in [1.165, 1.54) is 6.20 Å². The van der Waals surface area contributed by atoms with Crippen LogP contribution in [0.3, 0.4) is 0 Å². The van der Waals surface area contributed by atoms with Crippen molar-refractivity contribution in [1.82, 2.24) is 15.0 Å². The number of pyridine rings is 1. The summed E-state index contributed by atoms with van der Waals surface area (Å²) in [7, 11) is 0. The average Bonchev–Trinajstić information content (AvgIpc) is 2.41. The van der Waals surface area contributed by atoms with Gasteiger partial charge in [-0.2, -0.15) is 0 Å². The monoisotopic (exact) mass is 275 g/mol. The van der Waals surface area contributed by atoms with E-state index in [2.05, 4.69) is 15.0 Å². The van der Waals surface area contributed by atoms with Crippen molar-refractivity contribution in [2.45, 2.75) is 0 Å². The molecule has 3 aromatic rings. The molecule has 0 saturated heterocycles. The minimum atomic E-state index is 0.169. The molecule has 0 radical (unpaired) electrons. The fraction of sp³-hybridized carbons (Fsp3) is 0. The molecule has 5 heteroatoms. The first-order valence-corrected chi connectivity index (χ1v) is 6.02. The van der Waals surface area contributed by atoms with Crippen LogP contribution in [0, 0.1) is 0 Å². The number of aromatic nitrogens is 3. The fourth-order valence-corrected chi connectivity index (χ4v) is 2.17. The number of nitrogens with zero attached hydrogens (tertiary/aromatic N) is 3. The van der Waals surface area contributed by atoms with E-state index in [9.17, 15) is 0 Å². The van der Waals surface area contributed by atoms with Crippen LogP contribution >= 0.6 is 23.2 Å². The van der Waals surface area contributed by atoms with Gasteiger partial charge in [0.1, 0.15) is 0 Å². The van der Waals surface area contributed by atoms with Gasteiger partial charge in [-0.15, -0.1) is 0 Å². The second-order valence-electron chi connectivity index (χ2n) is 3.74. The van der Waals surface area contributed by atoms with Crippen LogP contribution in [0.25, 0.3) is 22.0 Å². The highest BCUT2D eigenvalue weighted by Gasteiger charge is 2.10. The van der Waals surface area contributed by atoms with Crippen molar-refractivity contribution >= 4 is 34.0 Å². The van der Waals surface area contributed by atoms with Crippen LogP contribution in [-0.4, -0.2) is 15.0 Å². The van der Waals surface area contributed by atoms with Gasteiger partial charge in [-0.3, -0.25) is 4.98 Å². The Hall–Kier alpha value is -1.71. The Morgan fingerprint density at radius 2 is 1.78 bits per heavy atom. The maximum absolute atomic E-state index is 6.12. The minimum absolute atomic E-state index is 0.169. The van der Waals surface area contributed by atoms with E-state index in [-0.39, 0.29) is 5.28 Å². The summed E-state index contributed by atoms with van der Waals surface area (Å²) in [6.45, 7) is 0. The first kappa shape index (κ1) is 11.4. The largest absolute Gasteiger partial charge is 0.263 e. The molecular weight excluding hydrogens is 269 g/mol. The molecule has 0 N–H and O–H groups in total. The van der Waals surface area contributed by atoms with Crippen LogP contribution < -0.4 is 0 Å². The van der Waals surface area contributed by atoms with Crippen molar-refractivity contribution in [3.05, 3.63) is 53.2 Å². The van der Waals surface area contributed by atoms with Gasteiger partial charge in [0.05, 0.1) is 16.9 Å². The van der Waals surface area contributed by atoms with Crippen LogP contribution in [-0.2, 0) is 0 Å². The standard InChI is InChI=1S/C13H7Cl2N3/c14-11-7-17-13(15)18-12(11)10-6-16-5-8-3-1-2-4-9(8)10/h1-7H. The Bertz CT molecular complexity index is 723. The molecule has 3 nitrogen and oxygen atoms in total. The Labute approximate surface area is 113 Å². The Morgan fingerprint density at radius 3 is 2.67 bits per heavy atom. The van der Waals surface area contributed by atoms with Crippen molar-refractivity contribution in [2.24, 2.45) is 0 Å². The summed E-state index contributed by atoms with van der Waals surface area (Å²) in [5.74, 6) is 0. The third-order valence-electron chi connectivity index (χ3n) is 2.64. The van der Waals surface area contributed by atoms with Gasteiger partial charge in [0.25, 0.3) is 0 Å². The lowest BCUT2D eigenvalue weighted by molar-refractivity contribution is 1.17. The number of rotatable bonds is 1. The molecule has 2 aromatic heterocycles. The van der Waals surface area contributed by atoms with Gasteiger partial charge in [-0.05, 0) is 17.0 Å². The van der Waals surface area contributed by atoms with Crippen molar-refractivity contribution in [1.29, 1.82) is 0 Å². The van der Waals surface area contributed by atoms with Crippen LogP contribution in [0.2, 0.25) is 10.3 Å². The summed E-state index contributed by atoms with van der Waals surface area (Å²) in [5.41, 5.74) is 1.45. The molecule has 18 heavy (non-hydrogen) atoms. The molecule has 3 rings (SSSR count). The van der Waals surface area contributed by atoms with E-state index in [1.807, 2.05) is 24.3 Å². The van der Waals surface area contributed by atoms with Gasteiger partial charge in [-0.1, -0.05) is 35.9 Å². The zero-order valence-corrected chi connectivity index (χ0v) is 10.7. The van der Waals surface area contributed by atoms with Crippen LogP contribution in [0.1, 0.15) is 0 Å². The van der Waals surface area contributed by atoms with Crippen molar-refractivity contribution in [2.75, 3.05) is 0 Å². The summed E-state index contributed by atoms with van der Waals surface area (Å²) in [4.78, 5) is 12.2. The Balaban J connectivity index is 2.35. The summed E-state index contributed by atoms with van der Waals surface area (Å²) in [6.07, 6.45) is 5.02. The summed E-state index contributed by atoms with van der Waals surface area (Å²) < 4.78 is 0. The van der Waals surface area contributed by atoms with Gasteiger partial charge in [0, 0.05) is 23.3 Å². The molecule has 0 bridgehead atoms. The maximum Gasteiger partial charge on any atom is 0.222 e. The zero-order valence-electron chi connectivity index (χ0n) is 9.14. The van der Waals surface area contributed by atoms with E-state index in [4.69, 9.17) is 23.2 Å². The highest BCUT2D eigenvalue weighted by molar-refractivity contribution is 6.34. The second-order valence-corrected chi connectivity index (χ2v) is 4.49. The minimum Gasteiger partial charge on any atom is -0.263 e. The Kier molecular flexibility index (Phi) is 2.86. The lowest BCUT2D eigenvalue weighted by Crippen LogP contribution is -1.91. The molecule has 2 heterocycles. The SMILES string of the molecule is Clc1ncc(Cl)c(-c2cncc3ccccc23)n1. The number of benzene rings is 1. The summed E-state index contributed by atoms with van der Waals surface area (Å²) >= 11 is 11.9. The molecule has 0 aliphatic heterocycles. The summed E-state index contributed by atoms with van der Waals surface area (Å²) in [5, 5.41) is 2.69. The van der Waals surface area contributed by atoms with Crippen molar-refractivity contribution in [3.63, 3.8) is 0 Å². The van der Waals surface area contributed by atoms with Crippen LogP contribution in [0.4, 0.5) is 0 Å². The second kappa shape index (κ2) is 4.52. The van der Waals surface area contributed by atoms with Gasteiger partial charge in [0.2, 0.25) is 5.28 Å². The molecule has 0 spiro atoms. The van der Waals surface area contributed by atoms with Gasteiger partial charge in [0.15, 0.2) is 0 Å². The number of fused-ring (bicyclic) bond motifs is 1. The quantitative estimate of drug-likeness (QED) is 0.630. The molecule has 0 unspecified atom stereocenters. The number of hydrogen-bond donors (Lipinski definition) is 0. The highest BCUT2D eigenvalue weighted by atomic mass is 35.5. The molecule has 0 aliphatic rings. The number of halogens is 2. The zero-order chi connectivity index (χ0) is 12.5. The molecule has 0 saturated carbocycles. The molecule has 1 aromatic carbocycles. The van der Waals surface area contributed by atoms with Crippen LogP contribution in [0.15, 0.2) is 42.9 Å². The third kappa shape index (κ3) is 1.92. The normalized spacial score (nSPS) is 10.8. The highest BCUT2D eigenvalue weighted by Crippen LogP contribution is 2.31. The third-order valence-corrected chi connectivity index (χ3v) is 3.10. The first-order valence-electron chi connectivity index (χ1n) is 5.27. The lowest BCUT2D eigenvalue weighted by Gasteiger charge is -2.06. The van der Waals surface area contributed by atoms with Crippen LogP contribution in [0.5, 0.6) is 0 Å². The first-order chi connectivity index (χ1) is 8.75. The van der Waals surface area contributed by atoms with E-state index >= 15 is 0 Å². The smallest absolute Gasteiger partial charge is 0.222 e. The molecule has 88 valence electrons. The molecule has 0 aliphatic carbocycles. The molecular formula is C13H7Cl2N3. The Morgan fingerprint density at radius 1 is 0.944 bits per heavy atom. The van der Waals surface area contributed by atoms with Gasteiger partial charge < -0.3 is 0 Å². The molecule has 0 atom stereocenters.